The summed E-state index contributed by atoms with van der Waals surface area (Å²) in [5.41, 5.74) is 1.27. The molecular formula is C14H17ClN2O2S. The molecule has 2 aromatic carbocycles. The van der Waals surface area contributed by atoms with Crippen LogP contribution >= 0.6 is 10.7 Å². The van der Waals surface area contributed by atoms with Gasteiger partial charge in [-0.2, -0.15) is 0 Å². The minimum atomic E-state index is -3.85. The van der Waals surface area contributed by atoms with Crippen LogP contribution in [0.5, 0.6) is 0 Å². The van der Waals surface area contributed by atoms with Gasteiger partial charge < -0.3 is 10.6 Å². The van der Waals surface area contributed by atoms with Crippen molar-refractivity contribution in [2.75, 3.05) is 23.7 Å². The first-order valence-electron chi connectivity index (χ1n) is 6.47. The molecule has 20 heavy (non-hydrogen) atoms. The standard InChI is InChI=1S/C14H17ClN2O2S/c1-3-16-12-9-10-7-5-6-8-11(10)14(20(15,18)19)13(12)17-4-2/h5-9,16-17H,3-4H2,1-2H3. The van der Waals surface area contributed by atoms with E-state index in [4.69, 9.17) is 10.7 Å². The Balaban J connectivity index is 2.89. The predicted molar refractivity (Wildman–Crippen MR) is 85.3 cm³/mol. The lowest BCUT2D eigenvalue weighted by Crippen LogP contribution is -2.09. The molecule has 108 valence electrons. The molecule has 0 radical (unpaired) electrons. The average Bonchev–Trinajstić information content (AvgIpc) is 2.38. The molecule has 6 heteroatoms. The van der Waals surface area contributed by atoms with E-state index in [0.717, 1.165) is 11.1 Å². The molecule has 0 heterocycles. The summed E-state index contributed by atoms with van der Waals surface area (Å²) in [6, 6.07) is 9.24. The fourth-order valence-corrected chi connectivity index (χ4v) is 3.61. The highest BCUT2D eigenvalue weighted by molar-refractivity contribution is 8.14. The van der Waals surface area contributed by atoms with Crippen LogP contribution in [0, 0.1) is 0 Å². The van der Waals surface area contributed by atoms with E-state index in [1.165, 1.54) is 0 Å². The number of hydrogen-bond acceptors (Lipinski definition) is 4. The van der Waals surface area contributed by atoms with Gasteiger partial charge in [-0.3, -0.25) is 0 Å². The van der Waals surface area contributed by atoms with E-state index in [-0.39, 0.29) is 4.90 Å². The second-order valence-electron chi connectivity index (χ2n) is 4.35. The van der Waals surface area contributed by atoms with Crippen molar-refractivity contribution in [1.29, 1.82) is 0 Å². The van der Waals surface area contributed by atoms with Gasteiger partial charge in [-0.25, -0.2) is 8.42 Å². The third-order valence-corrected chi connectivity index (χ3v) is 4.34. The highest BCUT2D eigenvalue weighted by Crippen LogP contribution is 2.38. The molecule has 0 aliphatic carbocycles. The average molecular weight is 313 g/mol. The number of benzene rings is 2. The summed E-state index contributed by atoms with van der Waals surface area (Å²) in [6.45, 7) is 5.17. The minimum absolute atomic E-state index is 0.134. The molecule has 0 spiro atoms. The molecule has 0 unspecified atom stereocenters. The second kappa shape index (κ2) is 5.89. The maximum atomic E-state index is 12.0. The van der Waals surface area contributed by atoms with Gasteiger partial charge in [0.1, 0.15) is 4.90 Å². The van der Waals surface area contributed by atoms with Crippen molar-refractivity contribution in [2.24, 2.45) is 0 Å². The van der Waals surface area contributed by atoms with Crippen LogP contribution in [0.4, 0.5) is 11.4 Å². The number of rotatable bonds is 5. The van der Waals surface area contributed by atoms with Gasteiger partial charge in [-0.15, -0.1) is 0 Å². The van der Waals surface area contributed by atoms with Crippen LogP contribution in [0.15, 0.2) is 35.2 Å². The molecular weight excluding hydrogens is 296 g/mol. The van der Waals surface area contributed by atoms with Crippen LogP contribution in [0.25, 0.3) is 10.8 Å². The summed E-state index contributed by atoms with van der Waals surface area (Å²) >= 11 is 0. The van der Waals surface area contributed by atoms with Crippen LogP contribution in [-0.2, 0) is 9.05 Å². The first-order valence-corrected chi connectivity index (χ1v) is 8.78. The Morgan fingerprint density at radius 3 is 2.35 bits per heavy atom. The summed E-state index contributed by atoms with van der Waals surface area (Å²) < 4.78 is 24.0. The molecule has 0 aliphatic rings. The number of anilines is 2. The van der Waals surface area contributed by atoms with Crippen LogP contribution in [0.3, 0.4) is 0 Å². The van der Waals surface area contributed by atoms with E-state index in [9.17, 15) is 8.42 Å². The zero-order valence-electron chi connectivity index (χ0n) is 11.4. The smallest absolute Gasteiger partial charge is 0.264 e. The van der Waals surface area contributed by atoms with Crippen LogP contribution in [-0.4, -0.2) is 21.5 Å². The zero-order valence-corrected chi connectivity index (χ0v) is 13.0. The van der Waals surface area contributed by atoms with Crippen molar-refractivity contribution < 1.29 is 8.42 Å². The molecule has 0 saturated heterocycles. The second-order valence-corrected chi connectivity index (χ2v) is 6.85. The Morgan fingerprint density at radius 1 is 1.10 bits per heavy atom. The van der Waals surface area contributed by atoms with Crippen molar-refractivity contribution >= 4 is 41.9 Å². The molecule has 0 aliphatic heterocycles. The molecule has 0 saturated carbocycles. The first-order chi connectivity index (χ1) is 9.49. The van der Waals surface area contributed by atoms with E-state index >= 15 is 0 Å². The molecule has 0 amide bonds. The van der Waals surface area contributed by atoms with Crippen molar-refractivity contribution in [3.05, 3.63) is 30.3 Å². The Labute approximate surface area is 123 Å². The van der Waals surface area contributed by atoms with E-state index < -0.39 is 9.05 Å². The third-order valence-electron chi connectivity index (χ3n) is 2.97. The fraction of sp³-hybridized carbons (Fsp3) is 0.286. The number of fused-ring (bicyclic) bond motifs is 1. The topological polar surface area (TPSA) is 58.2 Å². The van der Waals surface area contributed by atoms with Gasteiger partial charge in [0.15, 0.2) is 0 Å². The van der Waals surface area contributed by atoms with Crippen molar-refractivity contribution in [2.45, 2.75) is 18.7 Å². The molecule has 4 nitrogen and oxygen atoms in total. The SMILES string of the molecule is CCNc1cc2ccccc2c(S(=O)(=O)Cl)c1NCC. The first kappa shape index (κ1) is 14.9. The Morgan fingerprint density at radius 2 is 1.75 bits per heavy atom. The highest BCUT2D eigenvalue weighted by Gasteiger charge is 2.22. The summed E-state index contributed by atoms with van der Waals surface area (Å²) in [5, 5.41) is 7.74. The lowest BCUT2D eigenvalue weighted by molar-refractivity contribution is 0.610. The molecule has 0 atom stereocenters. The summed E-state index contributed by atoms with van der Waals surface area (Å²) in [4.78, 5) is 0.134. The van der Waals surface area contributed by atoms with Crippen molar-refractivity contribution in [1.82, 2.24) is 0 Å². The van der Waals surface area contributed by atoms with Gasteiger partial charge in [0.05, 0.1) is 11.4 Å². The lowest BCUT2D eigenvalue weighted by Gasteiger charge is -2.17. The van der Waals surface area contributed by atoms with E-state index in [0.29, 0.717) is 24.2 Å². The van der Waals surface area contributed by atoms with Crippen LogP contribution in [0.1, 0.15) is 13.8 Å². The summed E-state index contributed by atoms with van der Waals surface area (Å²) in [5.74, 6) is 0. The van der Waals surface area contributed by atoms with Crippen LogP contribution in [0.2, 0.25) is 0 Å². The van der Waals surface area contributed by atoms with Gasteiger partial charge in [0.25, 0.3) is 9.05 Å². The normalized spacial score (nSPS) is 11.6. The number of halogens is 1. The van der Waals surface area contributed by atoms with E-state index in [1.54, 1.807) is 12.1 Å². The molecule has 2 rings (SSSR count). The molecule has 2 N–H and O–H groups in total. The van der Waals surface area contributed by atoms with Gasteiger partial charge in [-0.05, 0) is 25.3 Å². The molecule has 0 aromatic heterocycles. The largest absolute Gasteiger partial charge is 0.384 e. The summed E-state index contributed by atoms with van der Waals surface area (Å²) in [7, 11) is 1.80. The Bertz CT molecular complexity index is 729. The summed E-state index contributed by atoms with van der Waals surface area (Å²) in [6.07, 6.45) is 0. The molecule has 2 aromatic rings. The van der Waals surface area contributed by atoms with E-state index in [1.807, 2.05) is 32.0 Å². The van der Waals surface area contributed by atoms with Gasteiger partial charge in [0, 0.05) is 29.2 Å². The lowest BCUT2D eigenvalue weighted by atomic mass is 10.1. The van der Waals surface area contributed by atoms with Crippen LogP contribution < -0.4 is 10.6 Å². The molecule has 0 bridgehead atoms. The van der Waals surface area contributed by atoms with Crippen molar-refractivity contribution in [3.63, 3.8) is 0 Å². The Hall–Kier alpha value is -1.46. The fourth-order valence-electron chi connectivity index (χ4n) is 2.25. The maximum absolute atomic E-state index is 12.0. The van der Waals surface area contributed by atoms with Gasteiger partial charge >= 0.3 is 0 Å². The van der Waals surface area contributed by atoms with Gasteiger partial charge in [-0.1, -0.05) is 24.3 Å². The predicted octanol–water partition coefficient (Wildman–Crippen LogP) is 3.63. The van der Waals surface area contributed by atoms with Crippen molar-refractivity contribution in [3.8, 4) is 0 Å². The maximum Gasteiger partial charge on any atom is 0.264 e. The number of hydrogen-bond donors (Lipinski definition) is 2. The third kappa shape index (κ3) is 2.83. The molecule has 0 fully saturated rings. The number of nitrogens with one attached hydrogen (secondary N) is 2. The minimum Gasteiger partial charge on any atom is -0.384 e. The van der Waals surface area contributed by atoms with Gasteiger partial charge in [0.2, 0.25) is 0 Å². The van der Waals surface area contributed by atoms with E-state index in [2.05, 4.69) is 10.6 Å². The quantitative estimate of drug-likeness (QED) is 0.828. The zero-order chi connectivity index (χ0) is 14.8. The highest BCUT2D eigenvalue weighted by atomic mass is 35.7. The monoisotopic (exact) mass is 312 g/mol. The Kier molecular flexibility index (Phi) is 4.40.